The Hall–Kier alpha value is -1.86. The predicted molar refractivity (Wildman–Crippen MR) is 78.6 cm³/mol. The lowest BCUT2D eigenvalue weighted by Gasteiger charge is -2.07. The van der Waals surface area contributed by atoms with E-state index in [1.54, 1.807) is 0 Å². The van der Waals surface area contributed by atoms with Gasteiger partial charge in [0.2, 0.25) is 0 Å². The number of halogens is 1. The summed E-state index contributed by atoms with van der Waals surface area (Å²) in [6.45, 7) is 1.32. The van der Waals surface area contributed by atoms with Crippen LogP contribution in [-0.4, -0.2) is 40.2 Å². The Bertz CT molecular complexity index is 621. The number of aryl methyl sites for hydroxylation is 1. The van der Waals surface area contributed by atoms with E-state index in [1.807, 2.05) is 26.2 Å². The standard InChI is InChI=1S/C13H17ClN4O3/c1-16(2)7-3-4-10-5-6-11(21-10)8-17-9-12(14)13(15-17)18(19)20/h5-6,9H,3-4,7-8H2,1-2H3. The Morgan fingerprint density at radius 1 is 1.43 bits per heavy atom. The van der Waals surface area contributed by atoms with Gasteiger partial charge in [-0.05, 0) is 44.1 Å². The third-order valence-corrected chi connectivity index (χ3v) is 3.20. The summed E-state index contributed by atoms with van der Waals surface area (Å²) in [6, 6.07) is 3.77. The number of rotatable bonds is 7. The number of furan rings is 1. The molecule has 0 amide bonds. The number of hydrogen-bond donors (Lipinski definition) is 0. The molecule has 2 aromatic rings. The second-order valence-electron chi connectivity index (χ2n) is 5.03. The Kier molecular flexibility index (Phi) is 4.98. The molecule has 0 unspecified atom stereocenters. The van der Waals surface area contributed by atoms with Crippen molar-refractivity contribution in [2.45, 2.75) is 19.4 Å². The molecular formula is C13H17ClN4O3. The Morgan fingerprint density at radius 2 is 2.14 bits per heavy atom. The fourth-order valence-electron chi connectivity index (χ4n) is 1.96. The van der Waals surface area contributed by atoms with E-state index >= 15 is 0 Å². The van der Waals surface area contributed by atoms with Gasteiger partial charge in [0.1, 0.15) is 18.1 Å². The monoisotopic (exact) mass is 312 g/mol. The van der Waals surface area contributed by atoms with Crippen LogP contribution in [0.1, 0.15) is 17.9 Å². The van der Waals surface area contributed by atoms with Crippen molar-refractivity contribution >= 4 is 17.4 Å². The van der Waals surface area contributed by atoms with Gasteiger partial charge < -0.3 is 19.4 Å². The van der Waals surface area contributed by atoms with Crippen LogP contribution < -0.4 is 0 Å². The summed E-state index contributed by atoms with van der Waals surface area (Å²) in [5.41, 5.74) is 0. The molecular weight excluding hydrogens is 296 g/mol. The second-order valence-corrected chi connectivity index (χ2v) is 5.44. The third-order valence-electron chi connectivity index (χ3n) is 2.94. The fraction of sp³-hybridized carbons (Fsp3) is 0.462. The van der Waals surface area contributed by atoms with Crippen molar-refractivity contribution in [3.63, 3.8) is 0 Å². The number of aromatic nitrogens is 2. The van der Waals surface area contributed by atoms with E-state index in [9.17, 15) is 10.1 Å². The first-order valence-electron chi connectivity index (χ1n) is 6.55. The maximum Gasteiger partial charge on any atom is 0.408 e. The van der Waals surface area contributed by atoms with E-state index in [2.05, 4.69) is 10.00 Å². The molecule has 2 aromatic heterocycles. The maximum absolute atomic E-state index is 10.7. The number of hydrogen-bond acceptors (Lipinski definition) is 5. The lowest BCUT2D eigenvalue weighted by molar-refractivity contribution is -0.389. The lowest BCUT2D eigenvalue weighted by Crippen LogP contribution is -2.13. The van der Waals surface area contributed by atoms with Crippen LogP contribution in [-0.2, 0) is 13.0 Å². The van der Waals surface area contributed by atoms with Gasteiger partial charge in [-0.2, -0.15) is 4.68 Å². The van der Waals surface area contributed by atoms with Gasteiger partial charge in [0.05, 0.1) is 11.3 Å². The van der Waals surface area contributed by atoms with E-state index in [1.165, 1.54) is 10.9 Å². The minimum atomic E-state index is -0.604. The molecule has 8 heteroatoms. The highest BCUT2D eigenvalue weighted by atomic mass is 35.5. The predicted octanol–water partition coefficient (Wildman–Crippen LogP) is 2.58. The number of nitrogens with zero attached hydrogens (tertiary/aromatic N) is 4. The SMILES string of the molecule is CN(C)CCCc1ccc(Cn2cc(Cl)c([N+](=O)[O-])n2)o1. The van der Waals surface area contributed by atoms with Gasteiger partial charge in [-0.1, -0.05) is 11.6 Å². The number of nitro groups is 1. The summed E-state index contributed by atoms with van der Waals surface area (Å²) in [5, 5.41) is 14.5. The molecule has 0 saturated carbocycles. The van der Waals surface area contributed by atoms with E-state index in [0.29, 0.717) is 12.3 Å². The van der Waals surface area contributed by atoms with Gasteiger partial charge in [0.25, 0.3) is 0 Å². The summed E-state index contributed by atoms with van der Waals surface area (Å²) in [6.07, 6.45) is 3.30. The first-order chi connectivity index (χ1) is 9.95. The van der Waals surface area contributed by atoms with Crippen LogP contribution in [0.2, 0.25) is 5.02 Å². The molecule has 114 valence electrons. The molecule has 21 heavy (non-hydrogen) atoms. The zero-order valence-electron chi connectivity index (χ0n) is 12.0. The van der Waals surface area contributed by atoms with E-state index < -0.39 is 4.92 Å². The summed E-state index contributed by atoms with van der Waals surface area (Å²) in [7, 11) is 4.06. The van der Waals surface area contributed by atoms with Crippen LogP contribution in [0.15, 0.2) is 22.7 Å². The molecule has 0 fully saturated rings. The molecule has 0 aliphatic rings. The summed E-state index contributed by atoms with van der Waals surface area (Å²) in [5.74, 6) is 1.26. The minimum Gasteiger partial charge on any atom is -0.464 e. The lowest BCUT2D eigenvalue weighted by atomic mass is 10.2. The Morgan fingerprint density at radius 3 is 2.76 bits per heavy atom. The summed E-state index contributed by atoms with van der Waals surface area (Å²) >= 11 is 5.75. The molecule has 0 aliphatic heterocycles. The molecule has 0 aliphatic carbocycles. The van der Waals surface area contributed by atoms with E-state index in [-0.39, 0.29) is 10.8 Å². The molecule has 0 aromatic carbocycles. The van der Waals surface area contributed by atoms with E-state index in [0.717, 1.165) is 25.1 Å². The molecule has 2 heterocycles. The van der Waals surface area contributed by atoms with Crippen LogP contribution in [0.25, 0.3) is 0 Å². The van der Waals surface area contributed by atoms with Crippen molar-refractivity contribution in [3.05, 3.63) is 45.0 Å². The maximum atomic E-state index is 10.7. The Balaban J connectivity index is 1.96. The average Bonchev–Trinajstić information content (AvgIpc) is 2.96. The smallest absolute Gasteiger partial charge is 0.408 e. The summed E-state index contributed by atoms with van der Waals surface area (Å²) < 4.78 is 7.09. The van der Waals surface area contributed by atoms with Crippen LogP contribution in [0, 0.1) is 10.1 Å². The second kappa shape index (κ2) is 6.73. The third kappa shape index (κ3) is 4.30. The van der Waals surface area contributed by atoms with Crippen LogP contribution in [0.5, 0.6) is 0 Å². The molecule has 0 bridgehead atoms. The zero-order valence-corrected chi connectivity index (χ0v) is 12.7. The molecule has 0 saturated heterocycles. The van der Waals surface area contributed by atoms with Gasteiger partial charge in [-0.15, -0.1) is 0 Å². The van der Waals surface area contributed by atoms with Crippen LogP contribution in [0.3, 0.4) is 0 Å². The quantitative estimate of drug-likeness (QED) is 0.580. The highest BCUT2D eigenvalue weighted by molar-refractivity contribution is 6.32. The van der Waals surface area contributed by atoms with Crippen LogP contribution >= 0.6 is 11.6 Å². The van der Waals surface area contributed by atoms with Crippen molar-refractivity contribution in [3.8, 4) is 0 Å². The molecule has 0 atom stereocenters. The minimum absolute atomic E-state index is 0.0257. The fourth-order valence-corrected chi connectivity index (χ4v) is 2.18. The molecule has 7 nitrogen and oxygen atoms in total. The van der Waals surface area contributed by atoms with E-state index in [4.69, 9.17) is 16.0 Å². The molecule has 0 N–H and O–H groups in total. The average molecular weight is 313 g/mol. The van der Waals surface area contributed by atoms with Crippen molar-refractivity contribution in [1.29, 1.82) is 0 Å². The topological polar surface area (TPSA) is 77.3 Å². The zero-order chi connectivity index (χ0) is 15.4. The normalized spacial score (nSPS) is 11.2. The van der Waals surface area contributed by atoms with Gasteiger partial charge in [0.15, 0.2) is 5.02 Å². The van der Waals surface area contributed by atoms with Crippen molar-refractivity contribution < 1.29 is 9.34 Å². The first-order valence-corrected chi connectivity index (χ1v) is 6.93. The van der Waals surface area contributed by atoms with Gasteiger partial charge in [0, 0.05) is 6.42 Å². The highest BCUT2D eigenvalue weighted by Crippen LogP contribution is 2.22. The first kappa shape index (κ1) is 15.5. The van der Waals surface area contributed by atoms with Crippen molar-refractivity contribution in [2.75, 3.05) is 20.6 Å². The largest absolute Gasteiger partial charge is 0.464 e. The molecule has 0 radical (unpaired) electrons. The van der Waals surface area contributed by atoms with Crippen molar-refractivity contribution in [2.24, 2.45) is 0 Å². The highest BCUT2D eigenvalue weighted by Gasteiger charge is 2.19. The Labute approximate surface area is 127 Å². The van der Waals surface area contributed by atoms with Gasteiger partial charge in [-0.3, -0.25) is 0 Å². The van der Waals surface area contributed by atoms with Gasteiger partial charge in [-0.25, -0.2) is 0 Å². The molecule has 2 rings (SSSR count). The molecule has 0 spiro atoms. The van der Waals surface area contributed by atoms with Crippen molar-refractivity contribution in [1.82, 2.24) is 14.7 Å². The van der Waals surface area contributed by atoms with Crippen LogP contribution in [0.4, 0.5) is 5.82 Å². The summed E-state index contributed by atoms with van der Waals surface area (Å²) in [4.78, 5) is 12.2. The van der Waals surface area contributed by atoms with Gasteiger partial charge >= 0.3 is 5.82 Å².